The fourth-order valence-electron chi connectivity index (χ4n) is 4.10. The molecule has 3 N–H and O–H groups in total. The summed E-state index contributed by atoms with van der Waals surface area (Å²) in [5, 5.41) is 9.11. The Morgan fingerprint density at radius 1 is 0.973 bits per heavy atom. The second kappa shape index (κ2) is 11.2. The normalized spacial score (nSPS) is 13.4. The number of rotatable bonds is 9. The number of nitrogens with zero attached hydrogens (tertiary/aromatic N) is 2. The van der Waals surface area contributed by atoms with Crippen molar-refractivity contribution in [3.05, 3.63) is 83.4 Å². The summed E-state index contributed by atoms with van der Waals surface area (Å²) in [6, 6.07) is 15.6. The van der Waals surface area contributed by atoms with E-state index in [0.29, 0.717) is 36.2 Å². The van der Waals surface area contributed by atoms with Crippen molar-refractivity contribution in [3.63, 3.8) is 0 Å². The number of benzene rings is 3. The van der Waals surface area contributed by atoms with Gasteiger partial charge in [0.15, 0.2) is 0 Å². The maximum atomic E-state index is 14.4. The highest BCUT2D eigenvalue weighted by Gasteiger charge is 2.34. The molecule has 10 heteroatoms. The summed E-state index contributed by atoms with van der Waals surface area (Å²) in [7, 11) is 0. The molecular weight excluding hydrogens is 484 g/mol. The minimum absolute atomic E-state index is 0.0128. The van der Waals surface area contributed by atoms with E-state index in [-0.39, 0.29) is 31.6 Å². The Labute approximate surface area is 211 Å². The van der Waals surface area contributed by atoms with Crippen molar-refractivity contribution in [2.75, 3.05) is 24.6 Å². The fraction of sp³-hybridized carbons (Fsp3) is 0.222. The standard InChI is InChI=1S/C27H25F2N3O5/c28-21-5-1-19(23(29)14-21)16-32-24-8-4-18(17-2-6-22(7-3-17)37-12-10-30)13-20(24)15-31(11-9-25(33)34)26(35)27(32)36/h1-8,13-14H,9-12,15-16,30H2,(H,33,34). The number of carbonyl (C=O) groups excluding carboxylic acids is 2. The van der Waals surface area contributed by atoms with Gasteiger partial charge in [-0.2, -0.15) is 0 Å². The lowest BCUT2D eigenvalue weighted by Gasteiger charge is -2.23. The van der Waals surface area contributed by atoms with Crippen molar-refractivity contribution >= 4 is 23.5 Å². The van der Waals surface area contributed by atoms with Crippen molar-refractivity contribution in [1.82, 2.24) is 4.90 Å². The molecule has 1 aliphatic heterocycles. The average Bonchev–Trinajstić information content (AvgIpc) is 2.98. The summed E-state index contributed by atoms with van der Waals surface area (Å²) < 4.78 is 33.4. The molecule has 0 atom stereocenters. The van der Waals surface area contributed by atoms with E-state index in [4.69, 9.17) is 15.6 Å². The summed E-state index contributed by atoms with van der Waals surface area (Å²) in [5.41, 5.74) is 8.09. The topological polar surface area (TPSA) is 113 Å². The Morgan fingerprint density at radius 2 is 1.70 bits per heavy atom. The van der Waals surface area contributed by atoms with Gasteiger partial charge < -0.3 is 20.5 Å². The Hall–Kier alpha value is -4.31. The van der Waals surface area contributed by atoms with E-state index in [1.807, 2.05) is 12.1 Å². The zero-order valence-electron chi connectivity index (χ0n) is 19.8. The molecule has 1 aliphatic rings. The molecule has 0 radical (unpaired) electrons. The van der Waals surface area contributed by atoms with Crippen LogP contribution in [0.2, 0.25) is 0 Å². The monoisotopic (exact) mass is 509 g/mol. The first-order chi connectivity index (χ1) is 17.8. The van der Waals surface area contributed by atoms with Gasteiger partial charge in [-0.25, -0.2) is 8.78 Å². The molecule has 3 aromatic rings. The number of nitrogens with two attached hydrogens (primary N) is 1. The van der Waals surface area contributed by atoms with Gasteiger partial charge in [-0.15, -0.1) is 0 Å². The van der Waals surface area contributed by atoms with Gasteiger partial charge in [0.25, 0.3) is 0 Å². The highest BCUT2D eigenvalue weighted by atomic mass is 19.1. The van der Waals surface area contributed by atoms with E-state index in [0.717, 1.165) is 22.1 Å². The molecule has 0 bridgehead atoms. The Kier molecular flexibility index (Phi) is 7.78. The van der Waals surface area contributed by atoms with E-state index >= 15 is 0 Å². The minimum Gasteiger partial charge on any atom is -0.492 e. The number of anilines is 1. The fourth-order valence-corrected chi connectivity index (χ4v) is 4.10. The molecule has 0 saturated carbocycles. The van der Waals surface area contributed by atoms with Crippen LogP contribution in [0.4, 0.5) is 14.5 Å². The zero-order chi connectivity index (χ0) is 26.5. The van der Waals surface area contributed by atoms with Crippen molar-refractivity contribution in [1.29, 1.82) is 0 Å². The lowest BCUT2D eigenvalue weighted by atomic mass is 10.0. The molecule has 0 unspecified atom stereocenters. The number of ether oxygens (including phenoxy) is 1. The number of halogens is 2. The van der Waals surface area contributed by atoms with E-state index in [1.54, 1.807) is 30.3 Å². The van der Waals surface area contributed by atoms with Gasteiger partial charge in [-0.1, -0.05) is 24.3 Å². The molecule has 4 rings (SSSR count). The Balaban J connectivity index is 1.72. The third-order valence-corrected chi connectivity index (χ3v) is 5.96. The number of carboxylic acid groups (broad SMARTS) is 1. The number of hydrogen-bond acceptors (Lipinski definition) is 5. The maximum absolute atomic E-state index is 14.4. The molecule has 2 amide bonds. The van der Waals surface area contributed by atoms with Crippen LogP contribution in [0, 0.1) is 11.6 Å². The van der Waals surface area contributed by atoms with Crippen LogP contribution in [-0.4, -0.2) is 47.5 Å². The number of carbonyl (C=O) groups is 3. The largest absolute Gasteiger partial charge is 0.492 e. The molecule has 0 saturated heterocycles. The summed E-state index contributed by atoms with van der Waals surface area (Å²) >= 11 is 0. The lowest BCUT2D eigenvalue weighted by Crippen LogP contribution is -2.43. The maximum Gasteiger partial charge on any atom is 0.316 e. The smallest absolute Gasteiger partial charge is 0.316 e. The van der Waals surface area contributed by atoms with Crippen molar-refractivity contribution < 1.29 is 33.0 Å². The predicted octanol–water partition coefficient (Wildman–Crippen LogP) is 3.32. The van der Waals surface area contributed by atoms with Crippen LogP contribution in [-0.2, 0) is 27.5 Å². The van der Waals surface area contributed by atoms with Gasteiger partial charge in [0, 0.05) is 37.0 Å². The molecule has 0 aromatic heterocycles. The summed E-state index contributed by atoms with van der Waals surface area (Å²) in [4.78, 5) is 39.7. The van der Waals surface area contributed by atoms with Gasteiger partial charge in [0.2, 0.25) is 0 Å². The van der Waals surface area contributed by atoms with Crippen LogP contribution in [0.1, 0.15) is 17.5 Å². The third kappa shape index (κ3) is 5.92. The van der Waals surface area contributed by atoms with Crippen LogP contribution < -0.4 is 15.4 Å². The lowest BCUT2D eigenvalue weighted by molar-refractivity contribution is -0.145. The van der Waals surface area contributed by atoms with Crippen LogP contribution in [0.15, 0.2) is 60.7 Å². The van der Waals surface area contributed by atoms with Gasteiger partial charge in [-0.05, 0) is 47.0 Å². The second-order valence-electron chi connectivity index (χ2n) is 8.50. The SMILES string of the molecule is NCCOc1ccc(-c2ccc3c(c2)CN(CCC(=O)O)C(=O)C(=O)N3Cc2ccc(F)cc2F)cc1. The first kappa shape index (κ1) is 25.8. The van der Waals surface area contributed by atoms with E-state index < -0.39 is 29.4 Å². The number of hydrogen-bond donors (Lipinski definition) is 2. The van der Waals surface area contributed by atoms with Crippen LogP contribution in [0.25, 0.3) is 11.1 Å². The third-order valence-electron chi connectivity index (χ3n) is 5.96. The highest BCUT2D eigenvalue weighted by molar-refractivity contribution is 6.40. The summed E-state index contributed by atoms with van der Waals surface area (Å²) in [6.45, 7) is 0.289. The minimum atomic E-state index is -1.11. The van der Waals surface area contributed by atoms with Crippen molar-refractivity contribution in [2.24, 2.45) is 5.73 Å². The number of aliphatic carboxylic acids is 1. The van der Waals surface area contributed by atoms with Gasteiger partial charge in [0.1, 0.15) is 24.0 Å². The first-order valence-electron chi connectivity index (χ1n) is 11.6. The molecule has 192 valence electrons. The van der Waals surface area contributed by atoms with Crippen LogP contribution >= 0.6 is 0 Å². The Bertz CT molecular complexity index is 1330. The van der Waals surface area contributed by atoms with Crippen LogP contribution in [0.5, 0.6) is 5.75 Å². The molecule has 0 aliphatic carbocycles. The van der Waals surface area contributed by atoms with Crippen LogP contribution in [0.3, 0.4) is 0 Å². The Morgan fingerprint density at radius 3 is 2.38 bits per heavy atom. The second-order valence-corrected chi connectivity index (χ2v) is 8.50. The summed E-state index contributed by atoms with van der Waals surface area (Å²) in [6.07, 6.45) is -0.342. The first-order valence-corrected chi connectivity index (χ1v) is 11.6. The molecule has 37 heavy (non-hydrogen) atoms. The van der Waals surface area contributed by atoms with E-state index in [1.165, 1.54) is 11.0 Å². The molecular formula is C27H25F2N3O5. The van der Waals surface area contributed by atoms with Crippen molar-refractivity contribution in [2.45, 2.75) is 19.5 Å². The predicted molar refractivity (Wildman–Crippen MR) is 132 cm³/mol. The highest BCUT2D eigenvalue weighted by Crippen LogP contribution is 2.33. The summed E-state index contributed by atoms with van der Waals surface area (Å²) in [5.74, 6) is -3.88. The molecule has 0 spiro atoms. The van der Waals surface area contributed by atoms with E-state index in [2.05, 4.69) is 0 Å². The van der Waals surface area contributed by atoms with Gasteiger partial charge >= 0.3 is 17.8 Å². The zero-order valence-corrected chi connectivity index (χ0v) is 19.8. The van der Waals surface area contributed by atoms with Gasteiger partial charge in [-0.3, -0.25) is 19.3 Å². The average molecular weight is 510 g/mol. The number of carboxylic acids is 1. The molecule has 1 heterocycles. The molecule has 0 fully saturated rings. The quantitative estimate of drug-likeness (QED) is 0.428. The number of fused-ring (bicyclic) bond motifs is 1. The van der Waals surface area contributed by atoms with E-state index in [9.17, 15) is 23.2 Å². The molecule has 8 nitrogen and oxygen atoms in total. The number of amides is 2. The van der Waals surface area contributed by atoms with Gasteiger partial charge in [0.05, 0.1) is 13.0 Å². The molecule has 3 aromatic carbocycles. The van der Waals surface area contributed by atoms with Crippen molar-refractivity contribution in [3.8, 4) is 16.9 Å².